The van der Waals surface area contributed by atoms with Crippen molar-refractivity contribution in [3.8, 4) is 0 Å². The van der Waals surface area contributed by atoms with Gasteiger partial charge in [0.2, 0.25) is 0 Å². The van der Waals surface area contributed by atoms with Gasteiger partial charge in [0.1, 0.15) is 10.7 Å². The normalized spacial score (nSPS) is 17.8. The van der Waals surface area contributed by atoms with E-state index in [2.05, 4.69) is 5.10 Å². The van der Waals surface area contributed by atoms with Gasteiger partial charge < -0.3 is 5.11 Å². The minimum atomic E-state index is -4.83. The largest absolute Gasteiger partial charge is 0.478 e. The van der Waals surface area contributed by atoms with Crippen LogP contribution < -0.4 is 0 Å². The molecule has 1 saturated carbocycles. The molecule has 0 amide bonds. The highest BCUT2D eigenvalue weighted by Crippen LogP contribution is 2.42. The van der Waals surface area contributed by atoms with Gasteiger partial charge in [0.05, 0.1) is 6.04 Å². The summed E-state index contributed by atoms with van der Waals surface area (Å²) in [4.78, 5) is 10.9. The number of carboxylic acid groups (broad SMARTS) is 1. The molecule has 100 valence electrons. The fourth-order valence-corrected chi connectivity index (χ4v) is 2.21. The lowest BCUT2D eigenvalue weighted by atomic mass is 10.2. The number of rotatable bonds is 3. The van der Waals surface area contributed by atoms with Crippen molar-refractivity contribution in [2.45, 2.75) is 32.0 Å². The number of aromatic nitrogens is 2. The first-order valence-electron chi connectivity index (χ1n) is 5.32. The summed E-state index contributed by atoms with van der Waals surface area (Å²) in [7, 11) is 0. The zero-order chi connectivity index (χ0) is 13.7. The molecule has 0 bridgehead atoms. The summed E-state index contributed by atoms with van der Waals surface area (Å²) in [5, 5.41) is 11.7. The van der Waals surface area contributed by atoms with Crippen LogP contribution in [0.2, 0.25) is 5.15 Å². The minimum absolute atomic E-state index is 0.213. The third-order valence-electron chi connectivity index (χ3n) is 3.02. The van der Waals surface area contributed by atoms with E-state index < -0.39 is 28.6 Å². The van der Waals surface area contributed by atoms with Gasteiger partial charge in [0.25, 0.3) is 0 Å². The van der Waals surface area contributed by atoms with Gasteiger partial charge in [-0.15, -0.1) is 0 Å². The van der Waals surface area contributed by atoms with Gasteiger partial charge in [-0.2, -0.15) is 18.3 Å². The fourth-order valence-electron chi connectivity index (χ4n) is 1.85. The number of nitrogens with zero attached hydrogens (tertiary/aromatic N) is 2. The summed E-state index contributed by atoms with van der Waals surface area (Å²) in [6.45, 7) is 1.68. The Kier molecular flexibility index (Phi) is 3.04. The van der Waals surface area contributed by atoms with Gasteiger partial charge in [0.15, 0.2) is 5.69 Å². The minimum Gasteiger partial charge on any atom is -0.478 e. The van der Waals surface area contributed by atoms with E-state index in [-0.39, 0.29) is 12.0 Å². The Morgan fingerprint density at radius 2 is 2.11 bits per heavy atom. The maximum Gasteiger partial charge on any atom is 0.436 e. The molecule has 0 saturated heterocycles. The van der Waals surface area contributed by atoms with Crippen molar-refractivity contribution in [3.63, 3.8) is 0 Å². The van der Waals surface area contributed by atoms with Gasteiger partial charge in [-0.05, 0) is 25.7 Å². The number of alkyl halides is 3. The van der Waals surface area contributed by atoms with Crippen LogP contribution in [-0.4, -0.2) is 20.9 Å². The molecule has 2 rings (SSSR count). The number of halogens is 4. The lowest BCUT2D eigenvalue weighted by Crippen LogP contribution is -2.13. The maximum atomic E-state index is 12.7. The average Bonchev–Trinajstić information content (AvgIpc) is 2.99. The van der Waals surface area contributed by atoms with E-state index in [0.29, 0.717) is 0 Å². The van der Waals surface area contributed by atoms with Gasteiger partial charge in [0, 0.05) is 0 Å². The van der Waals surface area contributed by atoms with E-state index in [1.54, 1.807) is 6.92 Å². The monoisotopic (exact) mass is 282 g/mol. The standard InChI is InChI=1S/C10H10ClF3N2O2/c1-4(5-2-3-5)16-8(11)6(9(17)18)7(15-16)10(12,13)14/h4-5H,2-3H2,1H3,(H,17,18). The fraction of sp³-hybridized carbons (Fsp3) is 0.600. The van der Waals surface area contributed by atoms with Gasteiger partial charge >= 0.3 is 12.1 Å². The molecule has 18 heavy (non-hydrogen) atoms. The average molecular weight is 283 g/mol. The van der Waals surface area contributed by atoms with E-state index in [0.717, 1.165) is 17.5 Å². The van der Waals surface area contributed by atoms with Gasteiger partial charge in [-0.25, -0.2) is 9.48 Å². The van der Waals surface area contributed by atoms with Crippen molar-refractivity contribution >= 4 is 17.6 Å². The SMILES string of the molecule is CC(C1CC1)n1nc(C(F)(F)F)c(C(=O)O)c1Cl. The molecule has 1 atom stereocenters. The van der Waals surface area contributed by atoms with Crippen molar-refractivity contribution in [2.24, 2.45) is 5.92 Å². The molecule has 4 nitrogen and oxygen atoms in total. The Morgan fingerprint density at radius 3 is 2.44 bits per heavy atom. The smallest absolute Gasteiger partial charge is 0.436 e. The molecule has 0 spiro atoms. The first kappa shape index (κ1) is 13.2. The third-order valence-corrected chi connectivity index (χ3v) is 3.39. The van der Waals surface area contributed by atoms with Crippen LogP contribution in [0.5, 0.6) is 0 Å². The van der Waals surface area contributed by atoms with Crippen LogP contribution in [0.1, 0.15) is 41.9 Å². The van der Waals surface area contributed by atoms with Crippen molar-refractivity contribution in [1.29, 1.82) is 0 Å². The Morgan fingerprint density at radius 1 is 1.56 bits per heavy atom. The second kappa shape index (κ2) is 4.15. The highest BCUT2D eigenvalue weighted by molar-refractivity contribution is 6.32. The number of aromatic carboxylic acids is 1. The second-order valence-electron chi connectivity index (χ2n) is 4.34. The van der Waals surface area contributed by atoms with E-state index in [1.165, 1.54) is 0 Å². The summed E-state index contributed by atoms with van der Waals surface area (Å²) in [6.07, 6.45) is -3.05. The zero-order valence-electron chi connectivity index (χ0n) is 9.33. The second-order valence-corrected chi connectivity index (χ2v) is 4.70. The van der Waals surface area contributed by atoms with Crippen molar-refractivity contribution in [2.75, 3.05) is 0 Å². The third kappa shape index (κ3) is 2.19. The Bertz CT molecular complexity index is 494. The predicted octanol–water partition coefficient (Wildman–Crippen LogP) is 3.22. The molecule has 1 aromatic rings. The lowest BCUT2D eigenvalue weighted by Gasteiger charge is -2.11. The summed E-state index contributed by atoms with van der Waals surface area (Å²) in [5.74, 6) is -1.51. The quantitative estimate of drug-likeness (QED) is 0.926. The Hall–Kier alpha value is -1.24. The summed E-state index contributed by atoms with van der Waals surface area (Å²) >= 11 is 5.72. The molecule has 1 aliphatic rings. The van der Waals surface area contributed by atoms with Crippen LogP contribution in [0.25, 0.3) is 0 Å². The maximum absolute atomic E-state index is 12.7. The number of carbonyl (C=O) groups is 1. The predicted molar refractivity (Wildman–Crippen MR) is 56.6 cm³/mol. The van der Waals surface area contributed by atoms with Crippen molar-refractivity contribution in [1.82, 2.24) is 9.78 Å². The molecule has 0 radical (unpaired) electrons. The molecular formula is C10H10ClF3N2O2. The van der Waals surface area contributed by atoms with Crippen molar-refractivity contribution in [3.05, 3.63) is 16.4 Å². The van der Waals surface area contributed by atoms with Gasteiger partial charge in [-0.1, -0.05) is 11.6 Å². The van der Waals surface area contributed by atoms with Gasteiger partial charge in [-0.3, -0.25) is 0 Å². The molecule has 1 N–H and O–H groups in total. The van der Waals surface area contributed by atoms with E-state index in [1.807, 2.05) is 0 Å². The number of hydrogen-bond donors (Lipinski definition) is 1. The van der Waals surface area contributed by atoms with E-state index in [4.69, 9.17) is 16.7 Å². The number of carboxylic acids is 1. The molecule has 8 heteroatoms. The van der Waals surface area contributed by atoms with Crippen LogP contribution in [0, 0.1) is 5.92 Å². The molecule has 1 aliphatic carbocycles. The molecule has 0 aliphatic heterocycles. The molecule has 0 aromatic carbocycles. The molecule has 1 fully saturated rings. The van der Waals surface area contributed by atoms with Crippen LogP contribution in [0.4, 0.5) is 13.2 Å². The zero-order valence-corrected chi connectivity index (χ0v) is 10.1. The lowest BCUT2D eigenvalue weighted by molar-refractivity contribution is -0.142. The van der Waals surface area contributed by atoms with Crippen LogP contribution in [0.3, 0.4) is 0 Å². The summed E-state index contributed by atoms with van der Waals surface area (Å²) < 4.78 is 39.0. The molecular weight excluding hydrogens is 273 g/mol. The highest BCUT2D eigenvalue weighted by atomic mass is 35.5. The molecule has 1 aromatic heterocycles. The Labute approximate surface area is 105 Å². The first-order chi connectivity index (χ1) is 8.23. The van der Waals surface area contributed by atoms with E-state index in [9.17, 15) is 18.0 Å². The van der Waals surface area contributed by atoms with E-state index >= 15 is 0 Å². The topological polar surface area (TPSA) is 55.1 Å². The molecule has 1 unspecified atom stereocenters. The van der Waals surface area contributed by atoms with Crippen LogP contribution in [0.15, 0.2) is 0 Å². The Balaban J connectivity index is 2.53. The van der Waals surface area contributed by atoms with Crippen molar-refractivity contribution < 1.29 is 23.1 Å². The number of hydrogen-bond acceptors (Lipinski definition) is 2. The first-order valence-corrected chi connectivity index (χ1v) is 5.69. The summed E-state index contributed by atoms with van der Waals surface area (Å²) in [6, 6.07) is -0.327. The highest BCUT2D eigenvalue weighted by Gasteiger charge is 2.43. The molecule has 1 heterocycles. The summed E-state index contributed by atoms with van der Waals surface area (Å²) in [5.41, 5.74) is -2.41. The van der Waals surface area contributed by atoms with Crippen LogP contribution >= 0.6 is 11.6 Å². The van der Waals surface area contributed by atoms with Crippen LogP contribution in [-0.2, 0) is 6.18 Å².